The first-order chi connectivity index (χ1) is 12.3. The molecule has 0 aromatic heterocycles. The van der Waals surface area contributed by atoms with Crippen LogP contribution in [0.2, 0.25) is 0 Å². The van der Waals surface area contributed by atoms with Gasteiger partial charge in [0, 0.05) is 31.9 Å². The van der Waals surface area contributed by atoms with Gasteiger partial charge in [-0.25, -0.2) is 4.79 Å². The zero-order chi connectivity index (χ0) is 18.8. The molecule has 0 bridgehead atoms. The summed E-state index contributed by atoms with van der Waals surface area (Å²) < 4.78 is 0. The van der Waals surface area contributed by atoms with E-state index in [2.05, 4.69) is 61.8 Å². The maximum absolute atomic E-state index is 12.5. The summed E-state index contributed by atoms with van der Waals surface area (Å²) in [6.07, 6.45) is 1.79. The van der Waals surface area contributed by atoms with Crippen LogP contribution in [0.25, 0.3) is 0 Å². The lowest BCUT2D eigenvalue weighted by Gasteiger charge is -2.32. The summed E-state index contributed by atoms with van der Waals surface area (Å²) in [6.45, 7) is 11.2. The molecule has 26 heavy (non-hydrogen) atoms. The highest BCUT2D eigenvalue weighted by molar-refractivity contribution is 6.04. The average Bonchev–Trinajstić information content (AvgIpc) is 2.96. The second-order valence-electron chi connectivity index (χ2n) is 8.25. The number of anilines is 1. The van der Waals surface area contributed by atoms with Crippen LogP contribution in [-0.4, -0.2) is 47.5 Å². The molecule has 2 aliphatic heterocycles. The summed E-state index contributed by atoms with van der Waals surface area (Å²) in [5.74, 6) is 0.931. The van der Waals surface area contributed by atoms with Gasteiger partial charge in [-0.15, -0.1) is 0 Å². The normalized spacial score (nSPS) is 24.3. The van der Waals surface area contributed by atoms with Crippen molar-refractivity contribution in [2.75, 3.05) is 25.0 Å². The molecule has 2 amide bonds. The Labute approximate surface area is 156 Å². The third kappa shape index (κ3) is 4.01. The first-order valence-electron chi connectivity index (χ1n) is 9.56. The zero-order valence-corrected chi connectivity index (χ0v) is 16.4. The fraction of sp³-hybridized carbons (Fsp3) is 0.600. The van der Waals surface area contributed by atoms with E-state index in [9.17, 15) is 4.79 Å². The first-order valence-corrected chi connectivity index (χ1v) is 9.56. The largest absolute Gasteiger partial charge is 0.342 e. The van der Waals surface area contributed by atoms with Crippen molar-refractivity contribution in [1.82, 2.24) is 15.5 Å². The van der Waals surface area contributed by atoms with Crippen molar-refractivity contribution in [3.05, 3.63) is 29.8 Å². The van der Waals surface area contributed by atoms with E-state index in [-0.39, 0.29) is 17.1 Å². The Hall–Kier alpha value is -2.08. The molecule has 1 aromatic rings. The molecular weight excluding hydrogens is 326 g/mol. The number of amides is 2. The molecule has 142 valence electrons. The molecule has 0 saturated carbocycles. The number of nitrogens with one attached hydrogen (secondary N) is 3. The van der Waals surface area contributed by atoms with E-state index in [4.69, 9.17) is 4.99 Å². The van der Waals surface area contributed by atoms with Crippen molar-refractivity contribution >= 4 is 17.6 Å². The third-order valence-electron chi connectivity index (χ3n) is 4.87. The van der Waals surface area contributed by atoms with Gasteiger partial charge in [-0.3, -0.25) is 10.3 Å². The van der Waals surface area contributed by atoms with E-state index in [1.54, 1.807) is 0 Å². The highest BCUT2D eigenvalue weighted by Crippen LogP contribution is 2.30. The molecule has 2 heterocycles. The van der Waals surface area contributed by atoms with Gasteiger partial charge in [0.2, 0.25) is 0 Å². The van der Waals surface area contributed by atoms with Crippen LogP contribution < -0.4 is 16.0 Å². The molecule has 6 heteroatoms. The first kappa shape index (κ1) is 18.7. The van der Waals surface area contributed by atoms with Crippen molar-refractivity contribution in [2.24, 2.45) is 4.99 Å². The van der Waals surface area contributed by atoms with Crippen molar-refractivity contribution in [3.8, 4) is 0 Å². The number of likely N-dealkylation sites (tertiary alicyclic amines) is 1. The third-order valence-corrected chi connectivity index (χ3v) is 4.87. The number of para-hydroxylation sites is 1. The number of rotatable bonds is 2. The van der Waals surface area contributed by atoms with Crippen LogP contribution in [0.4, 0.5) is 10.5 Å². The number of benzene rings is 1. The minimum atomic E-state index is -0.337. The predicted octanol–water partition coefficient (Wildman–Crippen LogP) is 2.96. The predicted molar refractivity (Wildman–Crippen MR) is 107 cm³/mol. The van der Waals surface area contributed by atoms with Crippen molar-refractivity contribution in [2.45, 2.75) is 58.2 Å². The molecule has 1 atom stereocenters. The molecular formula is C20H31N5O. The molecule has 0 radical (unpaired) electrons. The molecule has 1 aromatic carbocycles. The van der Waals surface area contributed by atoms with Gasteiger partial charge >= 0.3 is 6.03 Å². The number of fused-ring (bicyclic) bond motifs is 1. The van der Waals surface area contributed by atoms with Crippen LogP contribution in [0.15, 0.2) is 29.3 Å². The van der Waals surface area contributed by atoms with Gasteiger partial charge < -0.3 is 15.5 Å². The standard InChI is InChI=1S/C20H31N5O/c1-5-11-21-18(26)25-12-10-20(14-25)17(24-19(2,3)4)23-16-9-7-6-8-15(16)13-22-20/h6-9,22H,5,10-14H2,1-4H3,(H,21,26)(H,23,24). The number of carbonyl (C=O) groups is 1. The number of hydrogen-bond donors (Lipinski definition) is 3. The highest BCUT2D eigenvalue weighted by atomic mass is 16.2. The van der Waals surface area contributed by atoms with E-state index in [0.29, 0.717) is 13.1 Å². The highest BCUT2D eigenvalue weighted by Gasteiger charge is 2.45. The Morgan fingerprint density at radius 1 is 1.35 bits per heavy atom. The van der Waals surface area contributed by atoms with Crippen LogP contribution in [0, 0.1) is 0 Å². The Bertz CT molecular complexity index is 694. The topological polar surface area (TPSA) is 68.8 Å². The zero-order valence-electron chi connectivity index (χ0n) is 16.4. The number of hydrogen-bond acceptors (Lipinski definition) is 3. The number of amidine groups is 1. The van der Waals surface area contributed by atoms with Gasteiger partial charge in [-0.1, -0.05) is 25.1 Å². The van der Waals surface area contributed by atoms with Gasteiger partial charge in [0.1, 0.15) is 5.84 Å². The van der Waals surface area contributed by atoms with E-state index >= 15 is 0 Å². The molecule has 3 N–H and O–H groups in total. The minimum Gasteiger partial charge on any atom is -0.342 e. The molecule has 1 spiro atoms. The molecule has 0 aliphatic carbocycles. The van der Waals surface area contributed by atoms with Crippen LogP contribution >= 0.6 is 0 Å². The Morgan fingerprint density at radius 2 is 2.12 bits per heavy atom. The van der Waals surface area contributed by atoms with Crippen molar-refractivity contribution in [1.29, 1.82) is 0 Å². The Balaban J connectivity index is 1.89. The van der Waals surface area contributed by atoms with Crippen LogP contribution in [0.5, 0.6) is 0 Å². The lowest BCUT2D eigenvalue weighted by atomic mass is 9.95. The summed E-state index contributed by atoms with van der Waals surface area (Å²) in [5.41, 5.74) is 1.78. The number of carbonyl (C=O) groups excluding carboxylic acids is 1. The quantitative estimate of drug-likeness (QED) is 0.762. The summed E-state index contributed by atoms with van der Waals surface area (Å²) in [4.78, 5) is 19.4. The smallest absolute Gasteiger partial charge is 0.317 e. The maximum atomic E-state index is 12.5. The molecule has 3 rings (SSSR count). The summed E-state index contributed by atoms with van der Waals surface area (Å²) in [7, 11) is 0. The fourth-order valence-corrected chi connectivity index (χ4v) is 3.53. The molecule has 6 nitrogen and oxygen atoms in total. The molecule has 1 unspecified atom stereocenters. The monoisotopic (exact) mass is 357 g/mol. The molecule has 2 aliphatic rings. The number of urea groups is 1. The van der Waals surface area contributed by atoms with Gasteiger partial charge in [-0.05, 0) is 45.2 Å². The lowest BCUT2D eigenvalue weighted by Crippen LogP contribution is -2.56. The van der Waals surface area contributed by atoms with Crippen LogP contribution in [-0.2, 0) is 6.54 Å². The Kier molecular flexibility index (Phi) is 5.23. The van der Waals surface area contributed by atoms with Crippen LogP contribution in [0.3, 0.4) is 0 Å². The van der Waals surface area contributed by atoms with E-state index in [0.717, 1.165) is 37.5 Å². The van der Waals surface area contributed by atoms with Crippen molar-refractivity contribution in [3.63, 3.8) is 0 Å². The number of nitrogens with zero attached hydrogens (tertiary/aromatic N) is 2. The number of aliphatic imine (C=N–C) groups is 1. The average molecular weight is 358 g/mol. The summed E-state index contributed by atoms with van der Waals surface area (Å²) in [6, 6.07) is 8.33. The SMILES string of the molecule is CCCNC(=O)N1CCC2(C1)NCc1ccccc1NC2=NC(C)(C)C. The van der Waals surface area contributed by atoms with Gasteiger partial charge in [0.25, 0.3) is 0 Å². The van der Waals surface area contributed by atoms with Gasteiger partial charge in [-0.2, -0.15) is 0 Å². The lowest BCUT2D eigenvalue weighted by molar-refractivity contribution is 0.206. The van der Waals surface area contributed by atoms with E-state index in [1.807, 2.05) is 11.0 Å². The summed E-state index contributed by atoms with van der Waals surface area (Å²) in [5, 5.41) is 10.3. The summed E-state index contributed by atoms with van der Waals surface area (Å²) >= 11 is 0. The minimum absolute atomic E-state index is 0.0161. The Morgan fingerprint density at radius 3 is 2.85 bits per heavy atom. The second-order valence-corrected chi connectivity index (χ2v) is 8.25. The van der Waals surface area contributed by atoms with E-state index in [1.165, 1.54) is 5.56 Å². The van der Waals surface area contributed by atoms with Gasteiger partial charge in [0.15, 0.2) is 0 Å². The maximum Gasteiger partial charge on any atom is 0.317 e. The molecule has 1 saturated heterocycles. The van der Waals surface area contributed by atoms with Gasteiger partial charge in [0.05, 0.1) is 11.1 Å². The van der Waals surface area contributed by atoms with Crippen LogP contribution in [0.1, 0.15) is 46.1 Å². The van der Waals surface area contributed by atoms with Crippen molar-refractivity contribution < 1.29 is 4.79 Å². The van der Waals surface area contributed by atoms with E-state index < -0.39 is 0 Å². The second kappa shape index (κ2) is 7.27. The fourth-order valence-electron chi connectivity index (χ4n) is 3.53. The molecule has 1 fully saturated rings.